The second-order valence-corrected chi connectivity index (χ2v) is 4.98. The van der Waals surface area contributed by atoms with Gasteiger partial charge in [-0.05, 0) is 24.1 Å². The van der Waals surface area contributed by atoms with Crippen LogP contribution in [0.1, 0.15) is 16.7 Å². The molecule has 6 nitrogen and oxygen atoms in total. The summed E-state index contributed by atoms with van der Waals surface area (Å²) in [6.45, 7) is 1.97. The zero-order valence-corrected chi connectivity index (χ0v) is 11.7. The summed E-state index contributed by atoms with van der Waals surface area (Å²) in [4.78, 5) is 12.4. The van der Waals surface area contributed by atoms with Gasteiger partial charge in [0.2, 0.25) is 5.95 Å². The number of nitrogens with zero attached hydrogens (tertiary/aromatic N) is 3. The van der Waals surface area contributed by atoms with Crippen LogP contribution in [-0.2, 0) is 6.42 Å². The van der Waals surface area contributed by atoms with Gasteiger partial charge in [-0.25, -0.2) is 4.98 Å². The molecule has 3 aromatic rings. The first kappa shape index (κ1) is 13.1. The number of pyridine rings is 1. The maximum atomic E-state index is 6.10. The molecule has 106 valence electrons. The van der Waals surface area contributed by atoms with Crippen molar-refractivity contribution in [3.05, 3.63) is 47.3 Å². The number of rotatable bonds is 2. The molecule has 2 aromatic heterocycles. The van der Waals surface area contributed by atoms with Crippen LogP contribution in [-0.4, -0.2) is 15.0 Å². The van der Waals surface area contributed by atoms with E-state index in [4.69, 9.17) is 17.2 Å². The topological polar surface area (TPSA) is 117 Å². The van der Waals surface area contributed by atoms with Crippen LogP contribution in [0.5, 0.6) is 0 Å². The van der Waals surface area contributed by atoms with E-state index in [0.29, 0.717) is 17.9 Å². The lowest BCUT2D eigenvalue weighted by molar-refractivity contribution is 1.10. The van der Waals surface area contributed by atoms with Gasteiger partial charge in [0.1, 0.15) is 5.82 Å². The fourth-order valence-corrected chi connectivity index (χ4v) is 2.40. The van der Waals surface area contributed by atoms with E-state index in [2.05, 4.69) is 21.0 Å². The number of aromatic nitrogens is 3. The fraction of sp³-hybridized carbons (Fsp3) is 0.133. The van der Waals surface area contributed by atoms with Crippen molar-refractivity contribution in [2.75, 3.05) is 17.2 Å². The molecule has 0 aliphatic heterocycles. The minimum absolute atomic E-state index is 0.177. The highest BCUT2D eigenvalue weighted by Gasteiger charge is 2.11. The second kappa shape index (κ2) is 4.90. The summed E-state index contributed by atoms with van der Waals surface area (Å²) < 4.78 is 0. The van der Waals surface area contributed by atoms with Gasteiger partial charge < -0.3 is 17.2 Å². The summed E-state index contributed by atoms with van der Waals surface area (Å²) in [5, 5.41) is 1.01. The van der Waals surface area contributed by atoms with Crippen molar-refractivity contribution in [3.8, 4) is 0 Å². The SMILES string of the molecule is Cc1cc(Cc2cnc(N)nc2N)c2cccnc2c1N. The van der Waals surface area contributed by atoms with Crippen molar-refractivity contribution < 1.29 is 0 Å². The van der Waals surface area contributed by atoms with E-state index in [9.17, 15) is 0 Å². The van der Waals surface area contributed by atoms with E-state index >= 15 is 0 Å². The molecule has 0 atom stereocenters. The first-order valence-electron chi connectivity index (χ1n) is 6.56. The Kier molecular flexibility index (Phi) is 3.06. The van der Waals surface area contributed by atoms with Gasteiger partial charge in [0.05, 0.1) is 11.2 Å². The highest BCUT2D eigenvalue weighted by atomic mass is 15.0. The van der Waals surface area contributed by atoms with Crippen molar-refractivity contribution in [3.63, 3.8) is 0 Å². The van der Waals surface area contributed by atoms with Crippen LogP contribution in [0.25, 0.3) is 10.9 Å². The van der Waals surface area contributed by atoms with Crippen molar-refractivity contribution >= 4 is 28.4 Å². The van der Waals surface area contributed by atoms with Crippen LogP contribution in [0.3, 0.4) is 0 Å². The second-order valence-electron chi connectivity index (χ2n) is 4.98. The third kappa shape index (κ3) is 2.31. The average Bonchev–Trinajstić information content (AvgIpc) is 2.47. The van der Waals surface area contributed by atoms with Crippen LogP contribution < -0.4 is 17.2 Å². The quantitative estimate of drug-likeness (QED) is 0.615. The van der Waals surface area contributed by atoms with E-state index < -0.39 is 0 Å². The number of nitrogen functional groups attached to an aromatic ring is 3. The number of aryl methyl sites for hydroxylation is 1. The van der Waals surface area contributed by atoms with Gasteiger partial charge in [0.15, 0.2) is 0 Å². The van der Waals surface area contributed by atoms with Crippen LogP contribution in [0.15, 0.2) is 30.6 Å². The third-order valence-electron chi connectivity index (χ3n) is 3.52. The Labute approximate surface area is 122 Å². The average molecular weight is 280 g/mol. The van der Waals surface area contributed by atoms with Crippen LogP contribution in [0.2, 0.25) is 0 Å². The molecule has 0 saturated carbocycles. The van der Waals surface area contributed by atoms with Gasteiger partial charge in [-0.2, -0.15) is 4.98 Å². The lowest BCUT2D eigenvalue weighted by atomic mass is 9.98. The molecule has 6 heteroatoms. The van der Waals surface area contributed by atoms with E-state index in [1.807, 2.05) is 19.1 Å². The number of fused-ring (bicyclic) bond motifs is 1. The first-order valence-corrected chi connectivity index (χ1v) is 6.56. The molecule has 0 radical (unpaired) electrons. The van der Waals surface area contributed by atoms with Crippen molar-refractivity contribution in [1.29, 1.82) is 0 Å². The van der Waals surface area contributed by atoms with Crippen LogP contribution in [0, 0.1) is 6.92 Å². The summed E-state index contributed by atoms with van der Waals surface area (Å²) >= 11 is 0. The summed E-state index contributed by atoms with van der Waals surface area (Å²) in [7, 11) is 0. The monoisotopic (exact) mass is 280 g/mol. The molecule has 0 bridgehead atoms. The maximum Gasteiger partial charge on any atom is 0.221 e. The number of nitrogens with two attached hydrogens (primary N) is 3. The Balaban J connectivity index is 2.14. The lowest BCUT2D eigenvalue weighted by Gasteiger charge is -2.12. The van der Waals surface area contributed by atoms with Gasteiger partial charge in [0.25, 0.3) is 0 Å². The molecule has 0 saturated heterocycles. The zero-order valence-electron chi connectivity index (χ0n) is 11.7. The van der Waals surface area contributed by atoms with E-state index in [0.717, 1.165) is 27.6 Å². The summed E-state index contributed by atoms with van der Waals surface area (Å²) in [5.41, 5.74) is 22.0. The van der Waals surface area contributed by atoms with E-state index in [-0.39, 0.29) is 5.95 Å². The van der Waals surface area contributed by atoms with Gasteiger partial charge >= 0.3 is 0 Å². The van der Waals surface area contributed by atoms with Crippen molar-refractivity contribution in [2.24, 2.45) is 0 Å². The van der Waals surface area contributed by atoms with Crippen LogP contribution >= 0.6 is 0 Å². The molecule has 0 amide bonds. The predicted octanol–water partition coefficient (Wildman–Crippen LogP) is 1.67. The Morgan fingerprint density at radius 2 is 1.90 bits per heavy atom. The maximum absolute atomic E-state index is 6.10. The van der Waals surface area contributed by atoms with Gasteiger partial charge in [0, 0.05) is 29.8 Å². The summed E-state index contributed by atoms with van der Waals surface area (Å²) in [6.07, 6.45) is 4.00. The van der Waals surface area contributed by atoms with E-state index in [1.165, 1.54) is 0 Å². The number of hydrogen-bond donors (Lipinski definition) is 3. The smallest absolute Gasteiger partial charge is 0.221 e. The van der Waals surface area contributed by atoms with Crippen molar-refractivity contribution in [2.45, 2.75) is 13.3 Å². The highest BCUT2D eigenvalue weighted by Crippen LogP contribution is 2.28. The summed E-state index contributed by atoms with van der Waals surface area (Å²) in [5.74, 6) is 0.574. The fourth-order valence-electron chi connectivity index (χ4n) is 2.40. The summed E-state index contributed by atoms with van der Waals surface area (Å²) in [6, 6.07) is 5.94. The molecule has 0 aliphatic rings. The predicted molar refractivity (Wildman–Crippen MR) is 84.6 cm³/mol. The van der Waals surface area contributed by atoms with Crippen molar-refractivity contribution in [1.82, 2.24) is 15.0 Å². The molecule has 21 heavy (non-hydrogen) atoms. The van der Waals surface area contributed by atoms with Gasteiger partial charge in [-0.1, -0.05) is 12.1 Å². The van der Waals surface area contributed by atoms with Crippen LogP contribution in [0.4, 0.5) is 17.5 Å². The Hall–Kier alpha value is -2.89. The largest absolute Gasteiger partial charge is 0.397 e. The molecule has 1 aromatic carbocycles. The molecule has 0 fully saturated rings. The highest BCUT2D eigenvalue weighted by molar-refractivity contribution is 5.93. The minimum Gasteiger partial charge on any atom is -0.397 e. The third-order valence-corrected chi connectivity index (χ3v) is 3.52. The molecule has 0 aliphatic carbocycles. The standard InChI is InChI=1S/C15H16N6/c1-8-5-9(6-10-7-20-15(18)21-14(10)17)11-3-2-4-19-13(11)12(8)16/h2-5,7H,6,16H2,1H3,(H4,17,18,20,21). The van der Waals surface area contributed by atoms with Gasteiger partial charge in [-0.15, -0.1) is 0 Å². The number of hydrogen-bond acceptors (Lipinski definition) is 6. The lowest BCUT2D eigenvalue weighted by Crippen LogP contribution is -2.05. The molecular formula is C15H16N6. The normalized spacial score (nSPS) is 10.9. The Bertz CT molecular complexity index is 828. The zero-order chi connectivity index (χ0) is 15.0. The first-order chi connectivity index (χ1) is 10.1. The molecule has 0 spiro atoms. The number of anilines is 3. The molecule has 0 unspecified atom stereocenters. The molecule has 6 N–H and O–H groups in total. The molecule has 3 rings (SSSR count). The minimum atomic E-state index is 0.177. The molecule has 2 heterocycles. The van der Waals surface area contributed by atoms with E-state index in [1.54, 1.807) is 12.4 Å². The Morgan fingerprint density at radius 3 is 2.67 bits per heavy atom. The van der Waals surface area contributed by atoms with Gasteiger partial charge in [-0.3, -0.25) is 4.98 Å². The Morgan fingerprint density at radius 1 is 1.10 bits per heavy atom. The molecular weight excluding hydrogens is 264 g/mol. The number of benzene rings is 1.